The number of benzene rings is 1. The highest BCUT2D eigenvalue weighted by Crippen LogP contribution is 2.02. The fraction of sp³-hybridized carbons (Fsp3) is 0.417. The van der Waals surface area contributed by atoms with Crippen molar-refractivity contribution in [2.75, 3.05) is 13.7 Å². The van der Waals surface area contributed by atoms with Crippen LogP contribution in [0, 0.1) is 6.92 Å². The van der Waals surface area contributed by atoms with Crippen LogP contribution in [-0.4, -0.2) is 19.6 Å². The first-order valence-electron chi connectivity index (χ1n) is 5.03. The topological polar surface area (TPSA) is 38.3 Å². The standard InChI is InChI=1S/C12H17NO2/c1-10-3-5-11(6-4-10)9-13-12(14)7-8-15-2/h3-6H,7-9H2,1-2H3,(H,13,14). The number of methoxy groups -OCH3 is 1. The third kappa shape index (κ3) is 4.61. The van der Waals surface area contributed by atoms with Crippen LogP contribution >= 0.6 is 0 Å². The highest BCUT2D eigenvalue weighted by Gasteiger charge is 1.99. The Morgan fingerprint density at radius 2 is 2.00 bits per heavy atom. The van der Waals surface area contributed by atoms with Gasteiger partial charge in [0.25, 0.3) is 0 Å². The summed E-state index contributed by atoms with van der Waals surface area (Å²) in [5, 5.41) is 2.83. The average Bonchev–Trinajstić information content (AvgIpc) is 2.25. The molecule has 0 aromatic heterocycles. The van der Waals surface area contributed by atoms with Crippen molar-refractivity contribution in [1.82, 2.24) is 5.32 Å². The Balaban J connectivity index is 2.30. The number of aryl methyl sites for hydroxylation is 1. The minimum atomic E-state index is 0.0254. The number of carbonyl (C=O) groups is 1. The second-order valence-electron chi connectivity index (χ2n) is 3.51. The third-order valence-corrected chi connectivity index (χ3v) is 2.14. The summed E-state index contributed by atoms with van der Waals surface area (Å²) < 4.78 is 4.82. The van der Waals surface area contributed by atoms with E-state index in [-0.39, 0.29) is 5.91 Å². The van der Waals surface area contributed by atoms with Crippen molar-refractivity contribution in [3.8, 4) is 0 Å². The zero-order chi connectivity index (χ0) is 11.1. The Morgan fingerprint density at radius 3 is 2.60 bits per heavy atom. The molecule has 0 spiro atoms. The van der Waals surface area contributed by atoms with Crippen molar-refractivity contribution >= 4 is 5.91 Å². The lowest BCUT2D eigenvalue weighted by Gasteiger charge is -2.05. The molecule has 0 aliphatic rings. The van der Waals surface area contributed by atoms with Crippen LogP contribution in [0.25, 0.3) is 0 Å². The number of hydrogen-bond donors (Lipinski definition) is 1. The molecule has 1 aromatic carbocycles. The number of carbonyl (C=O) groups excluding carboxylic acids is 1. The lowest BCUT2D eigenvalue weighted by molar-refractivity contribution is -0.122. The molecule has 0 atom stereocenters. The summed E-state index contributed by atoms with van der Waals surface area (Å²) in [6.07, 6.45) is 0.419. The van der Waals surface area contributed by atoms with Crippen LogP contribution in [0.2, 0.25) is 0 Å². The lowest BCUT2D eigenvalue weighted by atomic mass is 10.1. The Kier molecular flexibility index (Phi) is 4.84. The van der Waals surface area contributed by atoms with E-state index in [1.807, 2.05) is 31.2 Å². The number of hydrogen-bond acceptors (Lipinski definition) is 2. The third-order valence-electron chi connectivity index (χ3n) is 2.14. The molecule has 1 N–H and O–H groups in total. The van der Waals surface area contributed by atoms with E-state index in [2.05, 4.69) is 5.32 Å². The van der Waals surface area contributed by atoms with E-state index in [1.54, 1.807) is 7.11 Å². The van der Waals surface area contributed by atoms with E-state index in [0.717, 1.165) is 5.56 Å². The molecule has 0 saturated heterocycles. The smallest absolute Gasteiger partial charge is 0.222 e. The second kappa shape index (κ2) is 6.19. The highest BCUT2D eigenvalue weighted by molar-refractivity contribution is 5.75. The molecule has 3 nitrogen and oxygen atoms in total. The molecule has 15 heavy (non-hydrogen) atoms. The molecular formula is C12H17NO2. The van der Waals surface area contributed by atoms with E-state index in [0.29, 0.717) is 19.6 Å². The fourth-order valence-electron chi connectivity index (χ4n) is 1.19. The summed E-state index contributed by atoms with van der Waals surface area (Å²) in [7, 11) is 1.59. The van der Waals surface area contributed by atoms with Crippen molar-refractivity contribution in [1.29, 1.82) is 0 Å². The van der Waals surface area contributed by atoms with Crippen molar-refractivity contribution in [2.24, 2.45) is 0 Å². The van der Waals surface area contributed by atoms with Gasteiger partial charge in [-0.05, 0) is 12.5 Å². The molecule has 1 aromatic rings. The van der Waals surface area contributed by atoms with E-state index >= 15 is 0 Å². The maximum absolute atomic E-state index is 11.3. The molecule has 0 fully saturated rings. The molecule has 0 bridgehead atoms. The average molecular weight is 207 g/mol. The number of amides is 1. The van der Waals surface area contributed by atoms with Crippen LogP contribution in [0.15, 0.2) is 24.3 Å². The van der Waals surface area contributed by atoms with E-state index in [9.17, 15) is 4.79 Å². The number of ether oxygens (including phenoxy) is 1. The van der Waals surface area contributed by atoms with Gasteiger partial charge in [0.15, 0.2) is 0 Å². The maximum Gasteiger partial charge on any atom is 0.222 e. The van der Waals surface area contributed by atoms with Gasteiger partial charge in [0.05, 0.1) is 6.61 Å². The van der Waals surface area contributed by atoms with Crippen molar-refractivity contribution in [2.45, 2.75) is 19.9 Å². The van der Waals surface area contributed by atoms with Crippen LogP contribution in [0.4, 0.5) is 0 Å². The van der Waals surface area contributed by atoms with Crippen LogP contribution in [0.1, 0.15) is 17.5 Å². The molecule has 0 saturated carbocycles. The molecule has 0 aliphatic heterocycles. The van der Waals surface area contributed by atoms with Crippen LogP contribution in [-0.2, 0) is 16.1 Å². The lowest BCUT2D eigenvalue weighted by Crippen LogP contribution is -2.23. The van der Waals surface area contributed by atoms with Gasteiger partial charge in [-0.3, -0.25) is 4.79 Å². The quantitative estimate of drug-likeness (QED) is 0.797. The van der Waals surface area contributed by atoms with Gasteiger partial charge in [-0.25, -0.2) is 0 Å². The normalized spacial score (nSPS) is 10.0. The summed E-state index contributed by atoms with van der Waals surface area (Å²) in [6.45, 7) is 3.10. The van der Waals surface area contributed by atoms with Crippen molar-refractivity contribution in [3.63, 3.8) is 0 Å². The Hall–Kier alpha value is -1.35. The highest BCUT2D eigenvalue weighted by atomic mass is 16.5. The van der Waals surface area contributed by atoms with Crippen LogP contribution < -0.4 is 5.32 Å². The van der Waals surface area contributed by atoms with Gasteiger partial charge in [0.2, 0.25) is 5.91 Å². The van der Waals surface area contributed by atoms with Gasteiger partial charge in [0.1, 0.15) is 0 Å². The predicted molar refractivity (Wildman–Crippen MR) is 59.5 cm³/mol. The summed E-state index contributed by atoms with van der Waals surface area (Å²) in [6, 6.07) is 8.12. The van der Waals surface area contributed by atoms with E-state index < -0.39 is 0 Å². The molecule has 0 heterocycles. The maximum atomic E-state index is 11.3. The molecule has 0 unspecified atom stereocenters. The van der Waals surface area contributed by atoms with Crippen LogP contribution in [0.3, 0.4) is 0 Å². The van der Waals surface area contributed by atoms with Gasteiger partial charge in [-0.1, -0.05) is 29.8 Å². The monoisotopic (exact) mass is 207 g/mol. The minimum Gasteiger partial charge on any atom is -0.384 e. The van der Waals surface area contributed by atoms with Gasteiger partial charge >= 0.3 is 0 Å². The minimum absolute atomic E-state index is 0.0254. The zero-order valence-electron chi connectivity index (χ0n) is 9.25. The number of nitrogens with one attached hydrogen (secondary N) is 1. The molecule has 82 valence electrons. The molecule has 1 amide bonds. The van der Waals surface area contributed by atoms with E-state index in [1.165, 1.54) is 5.56 Å². The Morgan fingerprint density at radius 1 is 1.33 bits per heavy atom. The molecule has 0 radical (unpaired) electrons. The Labute approximate surface area is 90.4 Å². The van der Waals surface area contributed by atoms with E-state index in [4.69, 9.17) is 4.74 Å². The van der Waals surface area contributed by atoms with Gasteiger partial charge in [0, 0.05) is 20.1 Å². The molecule has 3 heteroatoms. The summed E-state index contributed by atoms with van der Waals surface area (Å²) >= 11 is 0. The largest absolute Gasteiger partial charge is 0.384 e. The SMILES string of the molecule is COCCC(=O)NCc1ccc(C)cc1. The fourth-order valence-corrected chi connectivity index (χ4v) is 1.19. The number of rotatable bonds is 5. The van der Waals surface area contributed by atoms with Crippen LogP contribution in [0.5, 0.6) is 0 Å². The zero-order valence-corrected chi connectivity index (χ0v) is 9.25. The summed E-state index contributed by atoms with van der Waals surface area (Å²) in [4.78, 5) is 11.3. The predicted octanol–water partition coefficient (Wildman–Crippen LogP) is 1.65. The Bertz CT molecular complexity index is 306. The second-order valence-corrected chi connectivity index (χ2v) is 3.51. The van der Waals surface area contributed by atoms with Gasteiger partial charge < -0.3 is 10.1 Å². The first kappa shape index (κ1) is 11.7. The summed E-state index contributed by atoms with van der Waals surface area (Å²) in [5.41, 5.74) is 2.34. The first-order chi connectivity index (χ1) is 7.22. The van der Waals surface area contributed by atoms with Gasteiger partial charge in [-0.2, -0.15) is 0 Å². The summed E-state index contributed by atoms with van der Waals surface area (Å²) in [5.74, 6) is 0.0254. The van der Waals surface area contributed by atoms with Gasteiger partial charge in [-0.15, -0.1) is 0 Å². The molecule has 0 aliphatic carbocycles. The molecule has 1 rings (SSSR count). The first-order valence-corrected chi connectivity index (χ1v) is 5.03. The van der Waals surface area contributed by atoms with Crippen molar-refractivity contribution in [3.05, 3.63) is 35.4 Å². The van der Waals surface area contributed by atoms with Crippen molar-refractivity contribution < 1.29 is 9.53 Å². The molecular weight excluding hydrogens is 190 g/mol.